The van der Waals surface area contributed by atoms with E-state index in [1.54, 1.807) is 0 Å². The molecule has 0 spiro atoms. The molecule has 1 nitrogen and oxygen atoms in total. The lowest BCUT2D eigenvalue weighted by atomic mass is 9.98. The van der Waals surface area contributed by atoms with E-state index < -0.39 is 11.6 Å². The Kier molecular flexibility index (Phi) is 5.45. The van der Waals surface area contributed by atoms with Gasteiger partial charge in [-0.1, -0.05) is 35.9 Å². The quantitative estimate of drug-likeness (QED) is 0.846. The van der Waals surface area contributed by atoms with Crippen LogP contribution in [0.15, 0.2) is 42.5 Å². The third-order valence-corrected chi connectivity index (χ3v) is 3.75. The van der Waals surface area contributed by atoms with Crippen LogP contribution in [0.1, 0.15) is 23.1 Å². The van der Waals surface area contributed by atoms with E-state index in [0.29, 0.717) is 12.0 Å². The first kappa shape index (κ1) is 15.6. The van der Waals surface area contributed by atoms with Gasteiger partial charge >= 0.3 is 0 Å². The minimum absolute atomic E-state index is 0.172. The number of halogens is 2. The first-order valence-corrected chi connectivity index (χ1v) is 7.25. The molecule has 0 aliphatic carbocycles. The molecule has 1 unspecified atom stereocenters. The van der Waals surface area contributed by atoms with Crippen molar-refractivity contribution >= 4 is 0 Å². The predicted octanol–water partition coefficient (Wildman–Crippen LogP) is 4.04. The summed E-state index contributed by atoms with van der Waals surface area (Å²) in [5, 5.41) is 3.22. The molecule has 0 amide bonds. The molecule has 3 heteroatoms. The van der Waals surface area contributed by atoms with Crippen LogP contribution in [0.5, 0.6) is 0 Å². The van der Waals surface area contributed by atoms with Crippen molar-refractivity contribution in [1.82, 2.24) is 5.32 Å². The van der Waals surface area contributed by atoms with Crippen LogP contribution in [0, 0.1) is 18.6 Å². The number of hydrogen-bond donors (Lipinski definition) is 1. The first-order valence-electron chi connectivity index (χ1n) is 7.25. The Morgan fingerprint density at radius 2 is 1.90 bits per heavy atom. The minimum Gasteiger partial charge on any atom is -0.317 e. The van der Waals surface area contributed by atoms with E-state index in [1.807, 2.05) is 7.05 Å². The fourth-order valence-corrected chi connectivity index (χ4v) is 2.51. The third-order valence-electron chi connectivity index (χ3n) is 3.75. The lowest BCUT2D eigenvalue weighted by Crippen LogP contribution is -2.28. The van der Waals surface area contributed by atoms with Crippen LogP contribution in [-0.2, 0) is 12.8 Å². The zero-order valence-electron chi connectivity index (χ0n) is 12.5. The molecular formula is C18H21F2N. The second kappa shape index (κ2) is 7.32. The monoisotopic (exact) mass is 289 g/mol. The molecule has 2 rings (SSSR count). The van der Waals surface area contributed by atoms with Gasteiger partial charge in [0.15, 0.2) is 0 Å². The topological polar surface area (TPSA) is 12.0 Å². The van der Waals surface area contributed by atoms with Crippen LogP contribution in [0.4, 0.5) is 8.78 Å². The van der Waals surface area contributed by atoms with Crippen molar-refractivity contribution in [3.8, 4) is 0 Å². The number of rotatable bonds is 6. The summed E-state index contributed by atoms with van der Waals surface area (Å²) >= 11 is 0. The van der Waals surface area contributed by atoms with Gasteiger partial charge in [0.2, 0.25) is 0 Å². The molecule has 21 heavy (non-hydrogen) atoms. The number of hydrogen-bond acceptors (Lipinski definition) is 1. The van der Waals surface area contributed by atoms with Crippen LogP contribution < -0.4 is 5.32 Å². The van der Waals surface area contributed by atoms with Crippen LogP contribution in [0.3, 0.4) is 0 Å². The summed E-state index contributed by atoms with van der Waals surface area (Å²) in [5.74, 6) is -0.997. The SMILES string of the molecule is CNC(CCc1cccc(C)c1)Cc1ccc(F)cc1F. The fraction of sp³-hybridized carbons (Fsp3) is 0.333. The molecule has 1 N–H and O–H groups in total. The maximum Gasteiger partial charge on any atom is 0.129 e. The van der Waals surface area contributed by atoms with Gasteiger partial charge in [-0.25, -0.2) is 8.78 Å². The van der Waals surface area contributed by atoms with Gasteiger partial charge in [0, 0.05) is 12.1 Å². The molecule has 0 aliphatic heterocycles. The Morgan fingerprint density at radius 1 is 1.10 bits per heavy atom. The van der Waals surface area contributed by atoms with Crippen molar-refractivity contribution in [3.63, 3.8) is 0 Å². The normalized spacial score (nSPS) is 12.4. The third kappa shape index (κ3) is 4.64. The molecule has 1 atom stereocenters. The van der Waals surface area contributed by atoms with Crippen LogP contribution in [-0.4, -0.2) is 13.1 Å². The standard InChI is InChI=1S/C18H21F2N/c1-13-4-3-5-14(10-13)6-9-17(21-2)11-15-7-8-16(19)12-18(15)20/h3-5,7-8,10,12,17,21H,6,9,11H2,1-2H3. The summed E-state index contributed by atoms with van der Waals surface area (Å²) < 4.78 is 26.6. The van der Waals surface area contributed by atoms with Crippen LogP contribution in [0.2, 0.25) is 0 Å². The Bertz CT molecular complexity index is 596. The highest BCUT2D eigenvalue weighted by molar-refractivity contribution is 5.23. The van der Waals surface area contributed by atoms with E-state index in [2.05, 4.69) is 36.5 Å². The maximum atomic E-state index is 13.7. The highest BCUT2D eigenvalue weighted by Crippen LogP contribution is 2.15. The second-order valence-electron chi connectivity index (χ2n) is 5.45. The largest absolute Gasteiger partial charge is 0.317 e. The van der Waals surface area contributed by atoms with Gasteiger partial charge in [0.25, 0.3) is 0 Å². The molecule has 0 heterocycles. The minimum atomic E-state index is -0.531. The summed E-state index contributed by atoms with van der Waals surface area (Å²) in [6.07, 6.45) is 2.42. The van der Waals surface area contributed by atoms with Gasteiger partial charge in [-0.3, -0.25) is 0 Å². The molecule has 0 fully saturated rings. The lowest BCUT2D eigenvalue weighted by molar-refractivity contribution is 0.500. The van der Waals surface area contributed by atoms with Gasteiger partial charge in [-0.05, 0) is 50.4 Å². The van der Waals surface area contributed by atoms with Crippen molar-refractivity contribution in [2.75, 3.05) is 7.05 Å². The highest BCUT2D eigenvalue weighted by Gasteiger charge is 2.11. The van der Waals surface area contributed by atoms with E-state index in [1.165, 1.54) is 23.3 Å². The van der Waals surface area contributed by atoms with Crippen molar-refractivity contribution in [1.29, 1.82) is 0 Å². The average molecular weight is 289 g/mol. The highest BCUT2D eigenvalue weighted by atomic mass is 19.1. The van der Waals surface area contributed by atoms with Crippen molar-refractivity contribution in [3.05, 3.63) is 70.8 Å². The number of aryl methyl sites for hydroxylation is 2. The summed E-state index contributed by atoms with van der Waals surface area (Å²) in [7, 11) is 1.88. The van der Waals surface area contributed by atoms with Crippen LogP contribution >= 0.6 is 0 Å². The number of nitrogens with one attached hydrogen (secondary N) is 1. The van der Waals surface area contributed by atoms with Gasteiger partial charge in [0.05, 0.1) is 0 Å². The molecule has 0 radical (unpaired) electrons. The second-order valence-corrected chi connectivity index (χ2v) is 5.45. The van der Waals surface area contributed by atoms with Crippen molar-refractivity contribution in [2.45, 2.75) is 32.2 Å². The Morgan fingerprint density at radius 3 is 2.57 bits per heavy atom. The van der Waals surface area contributed by atoms with Gasteiger partial charge < -0.3 is 5.32 Å². The van der Waals surface area contributed by atoms with E-state index in [9.17, 15) is 8.78 Å². The fourth-order valence-electron chi connectivity index (χ4n) is 2.51. The van der Waals surface area contributed by atoms with E-state index in [4.69, 9.17) is 0 Å². The zero-order valence-corrected chi connectivity index (χ0v) is 12.5. The van der Waals surface area contributed by atoms with Crippen LogP contribution in [0.25, 0.3) is 0 Å². The smallest absolute Gasteiger partial charge is 0.129 e. The van der Waals surface area contributed by atoms with Crippen molar-refractivity contribution < 1.29 is 8.78 Å². The molecule has 0 saturated heterocycles. The van der Waals surface area contributed by atoms with Gasteiger partial charge in [0.1, 0.15) is 11.6 Å². The molecule has 2 aromatic carbocycles. The van der Waals surface area contributed by atoms with Gasteiger partial charge in [-0.2, -0.15) is 0 Å². The predicted molar refractivity (Wildman–Crippen MR) is 82.4 cm³/mol. The number of benzene rings is 2. The van der Waals surface area contributed by atoms with Crippen molar-refractivity contribution in [2.24, 2.45) is 0 Å². The molecule has 0 saturated carbocycles. The van der Waals surface area contributed by atoms with E-state index in [-0.39, 0.29) is 6.04 Å². The first-order chi connectivity index (χ1) is 10.1. The van der Waals surface area contributed by atoms with E-state index in [0.717, 1.165) is 18.9 Å². The lowest BCUT2D eigenvalue weighted by Gasteiger charge is -2.17. The molecule has 0 aromatic heterocycles. The molecule has 0 aliphatic rings. The molecule has 2 aromatic rings. The molecule has 112 valence electrons. The molecular weight excluding hydrogens is 268 g/mol. The Hall–Kier alpha value is -1.74. The summed E-state index contributed by atoms with van der Waals surface area (Å²) in [4.78, 5) is 0. The maximum absolute atomic E-state index is 13.7. The average Bonchev–Trinajstić information content (AvgIpc) is 2.45. The summed E-state index contributed by atoms with van der Waals surface area (Å²) in [6.45, 7) is 2.08. The van der Waals surface area contributed by atoms with E-state index >= 15 is 0 Å². The van der Waals surface area contributed by atoms with Gasteiger partial charge in [-0.15, -0.1) is 0 Å². The summed E-state index contributed by atoms with van der Waals surface area (Å²) in [6, 6.07) is 12.4. The molecule has 0 bridgehead atoms. The Balaban J connectivity index is 1.97. The number of likely N-dealkylation sites (N-methyl/N-ethyl adjacent to an activating group) is 1. The zero-order chi connectivity index (χ0) is 15.2. The Labute approximate surface area is 125 Å². The summed E-state index contributed by atoms with van der Waals surface area (Å²) in [5.41, 5.74) is 3.09.